The van der Waals surface area contributed by atoms with Gasteiger partial charge in [0.05, 0.1) is 12.7 Å². The van der Waals surface area contributed by atoms with Gasteiger partial charge in [-0.3, -0.25) is 4.98 Å². The molecule has 0 radical (unpaired) electrons. The molecule has 24 heavy (non-hydrogen) atoms. The fraction of sp³-hybridized carbons (Fsp3) is 0.368. The van der Waals surface area contributed by atoms with Crippen LogP contribution in [0.25, 0.3) is 0 Å². The minimum atomic E-state index is -0.0353. The van der Waals surface area contributed by atoms with Gasteiger partial charge in [0.15, 0.2) is 0 Å². The summed E-state index contributed by atoms with van der Waals surface area (Å²) in [5.41, 5.74) is 2.30. The third-order valence-corrected chi connectivity index (χ3v) is 4.19. The molecule has 1 atom stereocenters. The van der Waals surface area contributed by atoms with Crippen LogP contribution in [0.5, 0.6) is 0 Å². The summed E-state index contributed by atoms with van der Waals surface area (Å²) in [5.74, 6) is 0. The summed E-state index contributed by atoms with van der Waals surface area (Å²) in [5, 5.41) is 2.95. The van der Waals surface area contributed by atoms with Crippen molar-refractivity contribution in [2.75, 3.05) is 19.7 Å². The highest BCUT2D eigenvalue weighted by atomic mass is 16.5. The van der Waals surface area contributed by atoms with Crippen LogP contribution < -0.4 is 5.32 Å². The van der Waals surface area contributed by atoms with Crippen molar-refractivity contribution < 1.29 is 9.53 Å². The van der Waals surface area contributed by atoms with Gasteiger partial charge in [0, 0.05) is 32.0 Å². The first-order chi connectivity index (χ1) is 11.8. The number of rotatable bonds is 5. The molecule has 1 aromatic carbocycles. The third-order valence-electron chi connectivity index (χ3n) is 4.19. The van der Waals surface area contributed by atoms with Crippen LogP contribution in [0, 0.1) is 0 Å². The zero-order valence-corrected chi connectivity index (χ0v) is 13.7. The smallest absolute Gasteiger partial charge is 0.317 e. The van der Waals surface area contributed by atoms with E-state index in [-0.39, 0.29) is 12.1 Å². The number of hydrogen-bond acceptors (Lipinski definition) is 3. The Kier molecular flexibility index (Phi) is 5.80. The Morgan fingerprint density at radius 1 is 1.21 bits per heavy atom. The Bertz CT molecular complexity index is 634. The fourth-order valence-electron chi connectivity index (χ4n) is 2.84. The van der Waals surface area contributed by atoms with Gasteiger partial charge in [0.1, 0.15) is 0 Å². The highest BCUT2D eigenvalue weighted by Gasteiger charge is 2.23. The second kappa shape index (κ2) is 8.45. The molecular formula is C19H23N3O2. The average molecular weight is 325 g/mol. The molecule has 0 unspecified atom stereocenters. The lowest BCUT2D eigenvalue weighted by atomic mass is 10.1. The van der Waals surface area contributed by atoms with Gasteiger partial charge in [-0.1, -0.05) is 36.4 Å². The Hall–Kier alpha value is -2.40. The van der Waals surface area contributed by atoms with Gasteiger partial charge >= 0.3 is 6.03 Å². The Morgan fingerprint density at radius 3 is 2.83 bits per heavy atom. The largest absolute Gasteiger partial charge is 0.375 e. The number of benzene rings is 1. The van der Waals surface area contributed by atoms with E-state index >= 15 is 0 Å². The van der Waals surface area contributed by atoms with E-state index in [1.165, 1.54) is 5.56 Å². The van der Waals surface area contributed by atoms with Crippen molar-refractivity contribution in [3.8, 4) is 0 Å². The van der Waals surface area contributed by atoms with Crippen LogP contribution in [0.1, 0.15) is 17.5 Å². The first-order valence-electron chi connectivity index (χ1n) is 8.38. The first-order valence-corrected chi connectivity index (χ1v) is 8.38. The van der Waals surface area contributed by atoms with Gasteiger partial charge in [0.2, 0.25) is 0 Å². The molecule has 0 spiro atoms. The monoisotopic (exact) mass is 325 g/mol. The van der Waals surface area contributed by atoms with Gasteiger partial charge in [-0.25, -0.2) is 4.79 Å². The molecule has 1 fully saturated rings. The Balaban J connectivity index is 1.45. The summed E-state index contributed by atoms with van der Waals surface area (Å²) >= 11 is 0. The van der Waals surface area contributed by atoms with Crippen LogP contribution >= 0.6 is 0 Å². The molecule has 126 valence electrons. The first kappa shape index (κ1) is 16.5. The second-order valence-electron chi connectivity index (χ2n) is 5.98. The van der Waals surface area contributed by atoms with Crippen molar-refractivity contribution >= 4 is 6.03 Å². The zero-order valence-electron chi connectivity index (χ0n) is 13.7. The molecule has 2 heterocycles. The molecule has 2 aromatic rings. The molecule has 2 amide bonds. The lowest BCUT2D eigenvalue weighted by molar-refractivity contribution is -0.0176. The number of aromatic nitrogens is 1. The number of urea groups is 1. The molecule has 5 nitrogen and oxygen atoms in total. The van der Waals surface area contributed by atoms with E-state index in [9.17, 15) is 4.79 Å². The maximum Gasteiger partial charge on any atom is 0.317 e. The molecule has 1 N–H and O–H groups in total. The molecule has 3 rings (SSSR count). The van der Waals surface area contributed by atoms with E-state index in [1.54, 1.807) is 12.4 Å². The van der Waals surface area contributed by atoms with E-state index in [1.807, 2.05) is 23.1 Å². The van der Waals surface area contributed by atoms with E-state index in [2.05, 4.69) is 34.6 Å². The highest BCUT2D eigenvalue weighted by Crippen LogP contribution is 2.13. The van der Waals surface area contributed by atoms with Crippen molar-refractivity contribution in [1.82, 2.24) is 15.2 Å². The van der Waals surface area contributed by atoms with Crippen LogP contribution in [0.4, 0.5) is 4.79 Å². The summed E-state index contributed by atoms with van der Waals surface area (Å²) in [4.78, 5) is 18.2. The number of aryl methyl sites for hydroxylation is 1. The molecule has 0 saturated carbocycles. The van der Waals surface area contributed by atoms with Crippen molar-refractivity contribution in [3.05, 3.63) is 66.0 Å². The van der Waals surface area contributed by atoms with Crippen LogP contribution in [0.2, 0.25) is 0 Å². The highest BCUT2D eigenvalue weighted by molar-refractivity contribution is 5.74. The number of nitrogens with zero attached hydrogens (tertiary/aromatic N) is 2. The van der Waals surface area contributed by atoms with Crippen molar-refractivity contribution in [3.63, 3.8) is 0 Å². The summed E-state index contributed by atoms with van der Waals surface area (Å²) in [6, 6.07) is 14.2. The topological polar surface area (TPSA) is 54.5 Å². The van der Waals surface area contributed by atoms with Crippen LogP contribution in [-0.2, 0) is 17.7 Å². The second-order valence-corrected chi connectivity index (χ2v) is 5.98. The third kappa shape index (κ3) is 4.80. The van der Waals surface area contributed by atoms with E-state index in [0.29, 0.717) is 26.2 Å². The molecule has 0 aliphatic carbocycles. The predicted octanol–water partition coefficient (Wildman–Crippen LogP) is 2.62. The number of hydrogen-bond donors (Lipinski definition) is 1. The number of pyridine rings is 1. The molecule has 1 saturated heterocycles. The zero-order chi connectivity index (χ0) is 16.6. The minimum absolute atomic E-state index is 0.0353. The molecule has 0 bridgehead atoms. The average Bonchev–Trinajstić information content (AvgIpc) is 2.66. The number of morpholine rings is 1. The minimum Gasteiger partial charge on any atom is -0.375 e. The lowest BCUT2D eigenvalue weighted by Crippen LogP contribution is -2.49. The Labute approximate surface area is 142 Å². The van der Waals surface area contributed by atoms with Crippen molar-refractivity contribution in [2.24, 2.45) is 0 Å². The van der Waals surface area contributed by atoms with Gasteiger partial charge in [-0.2, -0.15) is 0 Å². The lowest BCUT2D eigenvalue weighted by Gasteiger charge is -2.33. The van der Waals surface area contributed by atoms with Crippen molar-refractivity contribution in [2.45, 2.75) is 25.5 Å². The quantitative estimate of drug-likeness (QED) is 0.919. The van der Waals surface area contributed by atoms with Gasteiger partial charge in [-0.15, -0.1) is 0 Å². The standard InChI is InChI=1S/C19H23N3O2/c23-19(21-14-17-7-4-10-20-13-17)22-11-12-24-18(15-22)9-8-16-5-2-1-3-6-16/h1-7,10,13,18H,8-9,11-12,14-15H2,(H,21,23)/t18-/m0/s1. The van der Waals surface area contributed by atoms with Crippen LogP contribution in [0.3, 0.4) is 0 Å². The predicted molar refractivity (Wildman–Crippen MR) is 92.5 cm³/mol. The number of amides is 2. The van der Waals surface area contributed by atoms with Crippen LogP contribution in [0.15, 0.2) is 54.9 Å². The maximum atomic E-state index is 12.3. The molecule has 1 aromatic heterocycles. The number of carbonyl (C=O) groups excluding carboxylic acids is 1. The van der Waals surface area contributed by atoms with Gasteiger partial charge < -0.3 is 15.0 Å². The Morgan fingerprint density at radius 2 is 2.04 bits per heavy atom. The van der Waals surface area contributed by atoms with Crippen molar-refractivity contribution in [1.29, 1.82) is 0 Å². The molecule has 1 aliphatic rings. The number of ether oxygens (including phenoxy) is 1. The van der Waals surface area contributed by atoms with Crippen LogP contribution in [-0.4, -0.2) is 41.7 Å². The summed E-state index contributed by atoms with van der Waals surface area (Å²) in [6.45, 7) is 2.38. The number of nitrogens with one attached hydrogen (secondary N) is 1. The molecular weight excluding hydrogens is 302 g/mol. The summed E-state index contributed by atoms with van der Waals surface area (Å²) in [7, 11) is 0. The fourth-order valence-corrected chi connectivity index (χ4v) is 2.84. The molecule has 1 aliphatic heterocycles. The van der Waals surface area contributed by atoms with Gasteiger partial charge in [-0.05, 0) is 30.0 Å². The SMILES string of the molecule is O=C(NCc1cccnc1)N1CCO[C@@H](CCc2ccccc2)C1. The molecule has 5 heteroatoms. The summed E-state index contributed by atoms with van der Waals surface area (Å²) < 4.78 is 5.81. The maximum absolute atomic E-state index is 12.3. The number of carbonyl (C=O) groups is 1. The van der Waals surface area contributed by atoms with Gasteiger partial charge in [0.25, 0.3) is 0 Å². The normalized spacial score (nSPS) is 17.5. The van der Waals surface area contributed by atoms with E-state index in [0.717, 1.165) is 18.4 Å². The summed E-state index contributed by atoms with van der Waals surface area (Å²) in [6.07, 6.45) is 5.49. The van der Waals surface area contributed by atoms with E-state index < -0.39 is 0 Å². The van der Waals surface area contributed by atoms with E-state index in [4.69, 9.17) is 4.74 Å².